The van der Waals surface area contributed by atoms with E-state index in [2.05, 4.69) is 16.7 Å². The van der Waals surface area contributed by atoms with Gasteiger partial charge in [0.1, 0.15) is 5.54 Å². The summed E-state index contributed by atoms with van der Waals surface area (Å²) < 4.78 is 26.4. The van der Waals surface area contributed by atoms with E-state index >= 15 is 0 Å². The van der Waals surface area contributed by atoms with Crippen LogP contribution < -0.4 is 10.6 Å². The van der Waals surface area contributed by atoms with Crippen LogP contribution in [0.25, 0.3) is 0 Å². The lowest BCUT2D eigenvalue weighted by Gasteiger charge is -2.22. The Kier molecular flexibility index (Phi) is 4.18. The molecule has 20 heavy (non-hydrogen) atoms. The number of hydrogen-bond acceptors (Lipinski definition) is 3. The molecule has 0 atom stereocenters. The molecule has 0 aliphatic heterocycles. The standard InChI is InChI=1S/C14H15F2N3O/c15-10-4-3-5-11(13(10)16)18-8-12(20)19-14(9-17)6-1-2-7-14/h3-5,18H,1-2,6-8H2,(H,19,20). The SMILES string of the molecule is N#CC1(NC(=O)CNc2cccc(F)c2F)CCCC1. The number of halogens is 2. The predicted octanol–water partition coefficient (Wildman–Crippen LogP) is 2.33. The van der Waals surface area contributed by atoms with Crippen LogP contribution in [0.4, 0.5) is 14.5 Å². The van der Waals surface area contributed by atoms with Crippen LogP contribution in [0.1, 0.15) is 25.7 Å². The van der Waals surface area contributed by atoms with Crippen molar-refractivity contribution >= 4 is 11.6 Å². The van der Waals surface area contributed by atoms with Crippen LogP contribution in [0.2, 0.25) is 0 Å². The van der Waals surface area contributed by atoms with Crippen LogP contribution >= 0.6 is 0 Å². The molecule has 1 saturated carbocycles. The van der Waals surface area contributed by atoms with Crippen molar-refractivity contribution in [3.05, 3.63) is 29.8 Å². The van der Waals surface area contributed by atoms with E-state index in [1.165, 1.54) is 12.1 Å². The number of anilines is 1. The van der Waals surface area contributed by atoms with Crippen LogP contribution in [-0.2, 0) is 4.79 Å². The number of amides is 1. The molecular formula is C14H15F2N3O. The van der Waals surface area contributed by atoms with E-state index in [1.54, 1.807) is 0 Å². The second-order valence-electron chi connectivity index (χ2n) is 4.90. The summed E-state index contributed by atoms with van der Waals surface area (Å²) in [4.78, 5) is 11.8. The van der Waals surface area contributed by atoms with Crippen LogP contribution in [0.15, 0.2) is 18.2 Å². The Morgan fingerprint density at radius 2 is 2.05 bits per heavy atom. The van der Waals surface area contributed by atoms with Gasteiger partial charge in [-0.1, -0.05) is 6.07 Å². The van der Waals surface area contributed by atoms with E-state index < -0.39 is 23.1 Å². The lowest BCUT2D eigenvalue weighted by molar-refractivity contribution is -0.120. The molecule has 1 aromatic rings. The molecule has 0 aromatic heterocycles. The summed E-state index contributed by atoms with van der Waals surface area (Å²) in [5.41, 5.74) is -0.878. The van der Waals surface area contributed by atoms with Crippen molar-refractivity contribution in [2.75, 3.05) is 11.9 Å². The van der Waals surface area contributed by atoms with Crippen LogP contribution in [-0.4, -0.2) is 18.0 Å². The maximum atomic E-state index is 13.4. The molecule has 1 aromatic carbocycles. The highest BCUT2D eigenvalue weighted by molar-refractivity contribution is 5.82. The molecule has 0 saturated heterocycles. The van der Waals surface area contributed by atoms with Crippen molar-refractivity contribution in [1.29, 1.82) is 5.26 Å². The fourth-order valence-electron chi connectivity index (χ4n) is 2.37. The molecule has 2 N–H and O–H groups in total. The van der Waals surface area contributed by atoms with Gasteiger partial charge in [0.15, 0.2) is 11.6 Å². The molecule has 0 unspecified atom stereocenters. The quantitative estimate of drug-likeness (QED) is 0.889. The first-order chi connectivity index (χ1) is 9.56. The Balaban J connectivity index is 1.93. The van der Waals surface area contributed by atoms with Crippen LogP contribution in [0, 0.1) is 23.0 Å². The number of carbonyl (C=O) groups is 1. The number of carbonyl (C=O) groups excluding carboxylic acids is 1. The third kappa shape index (κ3) is 3.05. The van der Waals surface area contributed by atoms with Crippen molar-refractivity contribution in [2.45, 2.75) is 31.2 Å². The van der Waals surface area contributed by atoms with E-state index in [4.69, 9.17) is 5.26 Å². The predicted molar refractivity (Wildman–Crippen MR) is 69.8 cm³/mol. The number of nitriles is 1. The average molecular weight is 279 g/mol. The molecular weight excluding hydrogens is 264 g/mol. The summed E-state index contributed by atoms with van der Waals surface area (Å²) >= 11 is 0. The van der Waals surface area contributed by atoms with Gasteiger partial charge in [0.05, 0.1) is 18.3 Å². The van der Waals surface area contributed by atoms with Gasteiger partial charge in [-0.3, -0.25) is 4.79 Å². The first-order valence-electron chi connectivity index (χ1n) is 6.46. The molecule has 1 aliphatic rings. The summed E-state index contributed by atoms with van der Waals surface area (Å²) in [6, 6.07) is 5.84. The Morgan fingerprint density at radius 3 is 2.70 bits per heavy atom. The number of rotatable bonds is 4. The van der Waals surface area contributed by atoms with Crippen molar-refractivity contribution < 1.29 is 13.6 Å². The molecule has 1 amide bonds. The van der Waals surface area contributed by atoms with Gasteiger partial charge in [0, 0.05) is 0 Å². The molecule has 106 valence electrons. The minimum absolute atomic E-state index is 0.0717. The van der Waals surface area contributed by atoms with Crippen molar-refractivity contribution in [1.82, 2.24) is 5.32 Å². The number of hydrogen-bond donors (Lipinski definition) is 2. The minimum atomic E-state index is -1.02. The zero-order chi connectivity index (χ0) is 14.6. The number of nitrogens with one attached hydrogen (secondary N) is 2. The Labute approximate surface area is 115 Å². The molecule has 1 fully saturated rings. The van der Waals surface area contributed by atoms with Gasteiger partial charge in [0.2, 0.25) is 5.91 Å². The average Bonchev–Trinajstić information content (AvgIpc) is 2.89. The van der Waals surface area contributed by atoms with Crippen LogP contribution in [0.3, 0.4) is 0 Å². The van der Waals surface area contributed by atoms with E-state index in [1.807, 2.05) is 0 Å². The fraction of sp³-hybridized carbons (Fsp3) is 0.429. The van der Waals surface area contributed by atoms with Crippen molar-refractivity contribution in [3.8, 4) is 6.07 Å². The monoisotopic (exact) mass is 279 g/mol. The highest BCUT2D eigenvalue weighted by Crippen LogP contribution is 2.28. The second kappa shape index (κ2) is 5.87. The van der Waals surface area contributed by atoms with Crippen molar-refractivity contribution in [3.63, 3.8) is 0 Å². The molecule has 4 nitrogen and oxygen atoms in total. The first-order valence-corrected chi connectivity index (χ1v) is 6.46. The maximum Gasteiger partial charge on any atom is 0.240 e. The summed E-state index contributed by atoms with van der Waals surface area (Å²) in [6.45, 7) is -0.205. The summed E-state index contributed by atoms with van der Waals surface area (Å²) in [5, 5.41) is 14.3. The van der Waals surface area contributed by atoms with Gasteiger partial charge in [-0.15, -0.1) is 0 Å². The summed E-state index contributed by atoms with van der Waals surface area (Å²) in [5.74, 6) is -2.40. The van der Waals surface area contributed by atoms with E-state index in [0.29, 0.717) is 12.8 Å². The van der Waals surface area contributed by atoms with Crippen LogP contribution in [0.5, 0.6) is 0 Å². The molecule has 2 rings (SSSR count). The lowest BCUT2D eigenvalue weighted by Crippen LogP contribution is -2.47. The molecule has 0 bridgehead atoms. The highest BCUT2D eigenvalue weighted by Gasteiger charge is 2.35. The van der Waals surface area contributed by atoms with Gasteiger partial charge in [0.25, 0.3) is 0 Å². The molecule has 0 spiro atoms. The zero-order valence-corrected chi connectivity index (χ0v) is 10.9. The van der Waals surface area contributed by atoms with E-state index in [9.17, 15) is 13.6 Å². The normalized spacial score (nSPS) is 16.4. The summed E-state index contributed by atoms with van der Waals surface area (Å²) in [7, 11) is 0. The smallest absolute Gasteiger partial charge is 0.240 e. The number of benzene rings is 1. The maximum absolute atomic E-state index is 13.4. The topological polar surface area (TPSA) is 64.9 Å². The molecule has 0 heterocycles. The van der Waals surface area contributed by atoms with Gasteiger partial charge in [-0.05, 0) is 37.8 Å². The Morgan fingerprint density at radius 1 is 1.35 bits per heavy atom. The van der Waals surface area contributed by atoms with Gasteiger partial charge in [-0.25, -0.2) is 8.78 Å². The van der Waals surface area contributed by atoms with Gasteiger partial charge < -0.3 is 10.6 Å². The molecule has 0 radical (unpaired) electrons. The summed E-state index contributed by atoms with van der Waals surface area (Å²) in [6.07, 6.45) is 3.06. The lowest BCUT2D eigenvalue weighted by atomic mass is 10.00. The number of nitrogens with zero attached hydrogens (tertiary/aromatic N) is 1. The van der Waals surface area contributed by atoms with Gasteiger partial charge in [-0.2, -0.15) is 5.26 Å². The minimum Gasteiger partial charge on any atom is -0.374 e. The molecule has 6 heteroatoms. The second-order valence-corrected chi connectivity index (χ2v) is 4.90. The first kappa shape index (κ1) is 14.3. The van der Waals surface area contributed by atoms with Gasteiger partial charge >= 0.3 is 0 Å². The third-order valence-electron chi connectivity index (χ3n) is 3.44. The Bertz CT molecular complexity index is 548. The van der Waals surface area contributed by atoms with E-state index in [-0.39, 0.29) is 12.2 Å². The highest BCUT2D eigenvalue weighted by atomic mass is 19.2. The largest absolute Gasteiger partial charge is 0.374 e. The Hall–Kier alpha value is -2.16. The molecule has 1 aliphatic carbocycles. The third-order valence-corrected chi connectivity index (χ3v) is 3.44. The van der Waals surface area contributed by atoms with E-state index in [0.717, 1.165) is 18.9 Å². The fourth-order valence-corrected chi connectivity index (χ4v) is 2.37. The van der Waals surface area contributed by atoms with Crippen molar-refractivity contribution in [2.24, 2.45) is 0 Å². The zero-order valence-electron chi connectivity index (χ0n) is 10.9.